The van der Waals surface area contributed by atoms with E-state index in [1.54, 1.807) is 0 Å². The number of rotatable bonds is 2. The van der Waals surface area contributed by atoms with Gasteiger partial charge in [-0.25, -0.2) is 0 Å². The molecule has 0 radical (unpaired) electrons. The van der Waals surface area contributed by atoms with Crippen molar-refractivity contribution in [3.8, 4) is 0 Å². The van der Waals surface area contributed by atoms with Gasteiger partial charge >= 0.3 is 31.1 Å². The zero-order valence-corrected chi connectivity index (χ0v) is 15.0. The second-order valence-corrected chi connectivity index (χ2v) is 5.96. The monoisotopic (exact) mass is 636 g/mol. The molecule has 0 bridgehead atoms. The summed E-state index contributed by atoms with van der Waals surface area (Å²) >= 11 is 13.6. The fraction of sp³-hybridized carbons (Fsp3) is 1.00. The third-order valence-corrected chi connectivity index (χ3v) is 5.66. The minimum absolute atomic E-state index is 0. The van der Waals surface area contributed by atoms with Crippen LogP contribution in [0.4, 0.5) is 0 Å². The topological polar surface area (TPSA) is 0 Å². The van der Waals surface area contributed by atoms with Gasteiger partial charge in [0.05, 0.1) is 0 Å². The largest absolute Gasteiger partial charge is 2.00 e. The molecule has 5 heteroatoms. The van der Waals surface area contributed by atoms with E-state index >= 15 is 0 Å². The zero-order valence-electron chi connectivity index (χ0n) is 7.53. The summed E-state index contributed by atoms with van der Waals surface area (Å²) in [6.45, 7) is 0. The molecule has 2 heterocycles. The van der Waals surface area contributed by atoms with Gasteiger partial charge in [0.1, 0.15) is 0 Å². The zero-order chi connectivity index (χ0) is 8.81. The Morgan fingerprint density at radius 3 is 0.696 bits per heavy atom. The van der Waals surface area contributed by atoms with E-state index in [0.29, 0.717) is 0 Å². The number of hydrogen-bond donors (Lipinski definition) is 0. The van der Waals surface area contributed by atoms with Crippen LogP contribution in [0.2, 0.25) is 0 Å². The van der Waals surface area contributed by atoms with Crippen LogP contribution in [0.25, 0.3) is 0 Å². The predicted molar refractivity (Wildman–Crippen MR) is 133 cm³/mol. The van der Waals surface area contributed by atoms with E-state index in [0.717, 1.165) is 23.3 Å². The second-order valence-electron chi connectivity index (χ2n) is 3.14. The van der Waals surface area contributed by atoms with E-state index in [9.17, 15) is 0 Å². The molecule has 0 atom stereocenters. The second kappa shape index (κ2) is 49.7. The molecule has 2 rings (SSSR count). The Hall–Kier alpha value is 2.45. The summed E-state index contributed by atoms with van der Waals surface area (Å²) in [7, 11) is 0. The van der Waals surface area contributed by atoms with Gasteiger partial charge in [0.2, 0.25) is 0 Å². The van der Waals surface area contributed by atoms with Crippen molar-refractivity contribution in [2.75, 3.05) is 34.5 Å². The molecule has 0 aromatic carbocycles. The van der Waals surface area contributed by atoms with Crippen LogP contribution in [0, 0.1) is 42.9 Å². The molecule has 0 aromatic heterocycles. The SMILES string of the molecule is C.C.C.C.C.C.C.C.C.C.[S-]CC1CSC1.[S-]CC1CSC1.[U+2]. The standard InChI is InChI=1S/2C4H8S2.10CH4.U/c2*5-1-4-2-6-3-4;;;;;;;;;;;/h2*4-5H,1-3H2;10*1H4;/q;;;;;;;;;;;;+2/p-2. The first-order chi connectivity index (χ1) is 5.86. The van der Waals surface area contributed by atoms with E-state index in [2.05, 4.69) is 0 Å². The Kier molecular flexibility index (Phi) is 157. The van der Waals surface area contributed by atoms with E-state index < -0.39 is 0 Å². The molecule has 0 spiro atoms. The summed E-state index contributed by atoms with van der Waals surface area (Å²) in [4.78, 5) is 0. The molecule has 0 unspecified atom stereocenters. The van der Waals surface area contributed by atoms with Gasteiger partial charge in [-0.1, -0.05) is 74.3 Å². The molecule has 2 aliphatic rings. The first-order valence-electron chi connectivity index (χ1n) is 4.18. The fourth-order valence-corrected chi connectivity index (χ4v) is 3.44. The molecule has 0 saturated carbocycles. The normalized spacial score (nSPS) is 12.3. The molecular formula is C18H54S4U. The molecule has 0 aliphatic carbocycles. The van der Waals surface area contributed by atoms with Gasteiger partial charge in [-0.3, -0.25) is 0 Å². The van der Waals surface area contributed by atoms with Crippen LogP contribution >= 0.6 is 23.5 Å². The molecule has 2 aliphatic heterocycles. The van der Waals surface area contributed by atoms with E-state index in [4.69, 9.17) is 25.3 Å². The van der Waals surface area contributed by atoms with Gasteiger partial charge in [-0.05, 0) is 34.8 Å². The summed E-state index contributed by atoms with van der Waals surface area (Å²) in [5.74, 6) is 9.04. The maximum absolute atomic E-state index is 4.81. The maximum atomic E-state index is 4.81. The molecule has 154 valence electrons. The van der Waals surface area contributed by atoms with Crippen LogP contribution in [0.5, 0.6) is 0 Å². The summed E-state index contributed by atoms with van der Waals surface area (Å²) in [5, 5.41) is 0. The quantitative estimate of drug-likeness (QED) is 0.281. The van der Waals surface area contributed by atoms with Gasteiger partial charge < -0.3 is 25.3 Å². The average Bonchev–Trinajstić information content (AvgIpc) is 1.83. The van der Waals surface area contributed by atoms with Crippen molar-refractivity contribution in [2.24, 2.45) is 11.8 Å². The molecule has 0 nitrogen and oxygen atoms in total. The van der Waals surface area contributed by atoms with Crippen molar-refractivity contribution in [1.29, 1.82) is 0 Å². The van der Waals surface area contributed by atoms with Gasteiger partial charge in [-0.2, -0.15) is 35.0 Å². The Labute approximate surface area is 198 Å². The third kappa shape index (κ3) is 36.2. The van der Waals surface area contributed by atoms with Gasteiger partial charge in [0.25, 0.3) is 0 Å². The van der Waals surface area contributed by atoms with Crippen LogP contribution in [0.1, 0.15) is 74.3 Å². The smallest absolute Gasteiger partial charge is 0.792 e. The van der Waals surface area contributed by atoms with E-state index in [-0.39, 0.29) is 105 Å². The van der Waals surface area contributed by atoms with Crippen molar-refractivity contribution >= 4 is 48.8 Å². The third-order valence-electron chi connectivity index (χ3n) is 1.89. The number of thioether (sulfide) groups is 2. The van der Waals surface area contributed by atoms with Crippen molar-refractivity contribution in [3.05, 3.63) is 0 Å². The summed E-state index contributed by atoms with van der Waals surface area (Å²) in [6, 6.07) is 0. The first kappa shape index (κ1) is 72.9. The minimum Gasteiger partial charge on any atom is -0.792 e. The van der Waals surface area contributed by atoms with Crippen molar-refractivity contribution in [3.63, 3.8) is 0 Å². The molecular weight excluding hydrogens is 582 g/mol. The van der Waals surface area contributed by atoms with Crippen LogP contribution in [-0.4, -0.2) is 34.5 Å². The van der Waals surface area contributed by atoms with Gasteiger partial charge in [-0.15, -0.1) is 0 Å². The Morgan fingerprint density at radius 2 is 0.696 bits per heavy atom. The molecule has 2 fully saturated rings. The van der Waals surface area contributed by atoms with Crippen LogP contribution in [0.3, 0.4) is 0 Å². The molecule has 23 heavy (non-hydrogen) atoms. The van der Waals surface area contributed by atoms with Crippen LogP contribution in [0.15, 0.2) is 0 Å². The minimum atomic E-state index is 0. The first-order valence-corrected chi connectivity index (χ1v) is 7.65. The Balaban J connectivity index is -0.00000000941. The van der Waals surface area contributed by atoms with Crippen molar-refractivity contribution in [1.82, 2.24) is 0 Å². The fourth-order valence-electron chi connectivity index (χ4n) is 0.761. The van der Waals surface area contributed by atoms with E-state index in [1.807, 2.05) is 23.5 Å². The van der Waals surface area contributed by atoms with Crippen molar-refractivity contribution in [2.45, 2.75) is 74.3 Å². The Bertz CT molecular complexity index is 100. The van der Waals surface area contributed by atoms with Crippen LogP contribution < -0.4 is 0 Å². The molecule has 0 amide bonds. The van der Waals surface area contributed by atoms with Gasteiger partial charge in [0, 0.05) is 0 Å². The molecule has 0 aromatic rings. The summed E-state index contributed by atoms with van der Waals surface area (Å²) < 4.78 is 0. The summed E-state index contributed by atoms with van der Waals surface area (Å²) in [5.41, 5.74) is 0. The molecule has 0 N–H and O–H groups in total. The number of hydrogen-bond acceptors (Lipinski definition) is 4. The van der Waals surface area contributed by atoms with Crippen LogP contribution in [-0.2, 0) is 25.3 Å². The summed E-state index contributed by atoms with van der Waals surface area (Å²) in [6.07, 6.45) is 0. The van der Waals surface area contributed by atoms with Gasteiger partial charge in [0.15, 0.2) is 0 Å². The maximum Gasteiger partial charge on any atom is 2.00 e. The Morgan fingerprint density at radius 1 is 0.522 bits per heavy atom. The van der Waals surface area contributed by atoms with Crippen molar-refractivity contribution < 1.29 is 31.1 Å². The molecule has 2 saturated heterocycles. The average molecular weight is 637 g/mol. The van der Waals surface area contributed by atoms with E-state index in [1.165, 1.54) is 23.0 Å². The predicted octanol–water partition coefficient (Wildman–Crippen LogP) is 8.15.